The summed E-state index contributed by atoms with van der Waals surface area (Å²) in [5, 5.41) is 7.46. The lowest BCUT2D eigenvalue weighted by atomic mass is 9.88. The molecule has 10 heavy (non-hydrogen) atoms. The van der Waals surface area contributed by atoms with E-state index in [1.54, 1.807) is 0 Å². The van der Waals surface area contributed by atoms with E-state index in [-0.39, 0.29) is 5.84 Å². The second-order valence-corrected chi connectivity index (χ2v) is 3.31. The van der Waals surface area contributed by atoms with Gasteiger partial charge in [0.25, 0.3) is 5.84 Å². The summed E-state index contributed by atoms with van der Waals surface area (Å²) in [6, 6.07) is 0. The molecule has 0 bridgehead atoms. The molecule has 1 aliphatic carbocycles. The Morgan fingerprint density at radius 2 is 2.00 bits per heavy atom. The minimum atomic E-state index is 0.253. The van der Waals surface area contributed by atoms with Gasteiger partial charge in [-0.2, -0.15) is 0 Å². The van der Waals surface area contributed by atoms with Gasteiger partial charge in [0, 0.05) is 18.2 Å². The molecule has 0 spiro atoms. The second-order valence-electron chi connectivity index (χ2n) is 2.69. The topological polar surface area (TPSA) is 49.9 Å². The molecular formula is C7H12ClN2+. The van der Waals surface area contributed by atoms with E-state index in [1.807, 2.05) is 0 Å². The summed E-state index contributed by atoms with van der Waals surface area (Å²) in [5.74, 6) is 1.33. The van der Waals surface area contributed by atoms with Gasteiger partial charge in [-0.3, -0.25) is 0 Å². The fourth-order valence-corrected chi connectivity index (χ4v) is 1.42. The molecule has 1 fully saturated rings. The highest BCUT2D eigenvalue weighted by Gasteiger charge is 2.31. The van der Waals surface area contributed by atoms with Gasteiger partial charge in [0.15, 0.2) is 5.92 Å². The highest BCUT2D eigenvalue weighted by molar-refractivity contribution is 6.20. The minimum absolute atomic E-state index is 0.253. The molecule has 0 heterocycles. The molecule has 0 aromatic rings. The van der Waals surface area contributed by atoms with Crippen molar-refractivity contribution < 1.29 is 0 Å². The van der Waals surface area contributed by atoms with E-state index in [1.165, 1.54) is 0 Å². The number of amidine groups is 1. The average molecular weight is 160 g/mol. The Balaban J connectivity index is 2.33. The lowest BCUT2D eigenvalue weighted by Gasteiger charge is -2.14. The zero-order valence-electron chi connectivity index (χ0n) is 5.86. The molecule has 2 nitrogen and oxygen atoms in total. The summed E-state index contributed by atoms with van der Waals surface area (Å²) in [4.78, 5) is 0. The van der Waals surface area contributed by atoms with Crippen LogP contribution in [-0.4, -0.2) is 11.2 Å². The second kappa shape index (κ2) is 3.15. The van der Waals surface area contributed by atoms with E-state index < -0.39 is 0 Å². The molecule has 0 aromatic carbocycles. The molecule has 0 atom stereocenters. The maximum absolute atomic E-state index is 7.15. The van der Waals surface area contributed by atoms with Crippen molar-refractivity contribution in [1.82, 2.24) is 0 Å². The first-order chi connectivity index (χ1) is 4.70. The number of halogens is 1. The van der Waals surface area contributed by atoms with Crippen molar-refractivity contribution in [1.29, 1.82) is 5.41 Å². The van der Waals surface area contributed by atoms with Crippen molar-refractivity contribution >= 4 is 17.4 Å². The molecule has 1 rings (SSSR count). The Bertz CT molecular complexity index is 128. The maximum Gasteiger partial charge on any atom is 0.284 e. The van der Waals surface area contributed by atoms with Gasteiger partial charge in [0.05, 0.1) is 0 Å². The third-order valence-electron chi connectivity index (χ3n) is 1.90. The van der Waals surface area contributed by atoms with Crippen LogP contribution in [-0.2, 0) is 0 Å². The summed E-state index contributed by atoms with van der Waals surface area (Å²) in [7, 11) is 0. The average Bonchev–Trinajstić information content (AvgIpc) is 1.88. The predicted octanol–water partition coefficient (Wildman–Crippen LogP) is 1.68. The zero-order chi connectivity index (χ0) is 7.56. The van der Waals surface area contributed by atoms with Gasteiger partial charge in [-0.15, -0.1) is 11.6 Å². The van der Waals surface area contributed by atoms with Crippen molar-refractivity contribution in [2.75, 3.05) is 0 Å². The lowest BCUT2D eigenvalue weighted by Crippen LogP contribution is -2.25. The Hall–Kier alpha value is -0.370. The number of rotatable bonds is 1. The van der Waals surface area contributed by atoms with Crippen LogP contribution in [0.25, 0.3) is 0 Å². The molecule has 0 amide bonds. The Morgan fingerprint density at radius 3 is 2.40 bits per heavy atom. The van der Waals surface area contributed by atoms with E-state index >= 15 is 0 Å². The van der Waals surface area contributed by atoms with Crippen LogP contribution >= 0.6 is 11.6 Å². The third kappa shape index (κ3) is 1.81. The largest absolute Gasteiger partial charge is 0.348 e. The van der Waals surface area contributed by atoms with Crippen LogP contribution in [0.3, 0.4) is 0 Å². The maximum atomic E-state index is 7.15. The van der Waals surface area contributed by atoms with Gasteiger partial charge in [-0.1, -0.05) is 0 Å². The number of hydrogen-bond donors (Lipinski definition) is 2. The normalized spacial score (nSPS) is 21.1. The minimum Gasteiger partial charge on any atom is -0.348 e. The van der Waals surface area contributed by atoms with Crippen molar-refractivity contribution in [2.24, 2.45) is 5.73 Å². The van der Waals surface area contributed by atoms with Crippen LogP contribution in [0.5, 0.6) is 0 Å². The fraction of sp³-hybridized carbons (Fsp3) is 0.714. The molecule has 0 radical (unpaired) electrons. The fourth-order valence-electron chi connectivity index (χ4n) is 1.20. The van der Waals surface area contributed by atoms with E-state index in [9.17, 15) is 0 Å². The Morgan fingerprint density at radius 1 is 1.50 bits per heavy atom. The summed E-state index contributed by atoms with van der Waals surface area (Å²) >= 11 is 5.86. The first-order valence-corrected chi connectivity index (χ1v) is 3.97. The summed E-state index contributed by atoms with van der Waals surface area (Å²) in [6.07, 6.45) is 3.81. The Kier molecular flexibility index (Phi) is 2.44. The van der Waals surface area contributed by atoms with E-state index in [0.29, 0.717) is 5.38 Å². The predicted molar refractivity (Wildman–Crippen MR) is 43.3 cm³/mol. The highest BCUT2D eigenvalue weighted by atomic mass is 35.5. The van der Waals surface area contributed by atoms with Gasteiger partial charge in [0.2, 0.25) is 0 Å². The molecule has 0 aromatic heterocycles. The number of nitrogens with one attached hydrogen (secondary N) is 1. The van der Waals surface area contributed by atoms with E-state index in [0.717, 1.165) is 31.6 Å². The molecule has 3 heteroatoms. The number of nitrogens with two attached hydrogens (primary N) is 1. The Labute approximate surface area is 66.3 Å². The molecule has 1 saturated carbocycles. The summed E-state index contributed by atoms with van der Waals surface area (Å²) < 4.78 is 0. The van der Waals surface area contributed by atoms with Gasteiger partial charge >= 0.3 is 0 Å². The third-order valence-corrected chi connectivity index (χ3v) is 2.34. The van der Waals surface area contributed by atoms with Gasteiger partial charge in [-0.25, -0.2) is 5.41 Å². The first kappa shape index (κ1) is 7.73. The van der Waals surface area contributed by atoms with E-state index in [4.69, 9.17) is 22.7 Å². The van der Waals surface area contributed by atoms with Crippen molar-refractivity contribution in [3.05, 3.63) is 5.92 Å². The molecule has 56 valence electrons. The monoisotopic (exact) mass is 159 g/mol. The van der Waals surface area contributed by atoms with Crippen molar-refractivity contribution in [3.63, 3.8) is 0 Å². The molecule has 0 unspecified atom stereocenters. The zero-order valence-corrected chi connectivity index (χ0v) is 6.62. The number of alkyl halides is 1. The smallest absolute Gasteiger partial charge is 0.284 e. The van der Waals surface area contributed by atoms with E-state index in [2.05, 4.69) is 0 Å². The number of hydrogen-bond acceptors (Lipinski definition) is 1. The van der Waals surface area contributed by atoms with Crippen LogP contribution in [0.15, 0.2) is 0 Å². The van der Waals surface area contributed by atoms with Gasteiger partial charge < -0.3 is 5.73 Å². The summed E-state index contributed by atoms with van der Waals surface area (Å²) in [6.45, 7) is 0. The van der Waals surface area contributed by atoms with Crippen LogP contribution in [0, 0.1) is 11.3 Å². The molecule has 3 N–H and O–H groups in total. The summed E-state index contributed by atoms with van der Waals surface area (Å²) in [5.41, 5.74) is 5.32. The standard InChI is InChI=1S/C7H12ClN2/c8-6-3-1-5(2-4-6)7(9)10/h6H,1-4H2,(H3,9,10)/q+1. The lowest BCUT2D eigenvalue weighted by molar-refractivity contribution is 0.572. The molecule has 1 aliphatic rings. The van der Waals surface area contributed by atoms with Crippen LogP contribution < -0.4 is 5.73 Å². The van der Waals surface area contributed by atoms with Crippen molar-refractivity contribution in [3.8, 4) is 0 Å². The molecule has 0 saturated heterocycles. The quantitative estimate of drug-likeness (QED) is 0.260. The molecular weight excluding hydrogens is 148 g/mol. The van der Waals surface area contributed by atoms with Crippen LogP contribution in [0.1, 0.15) is 25.7 Å². The van der Waals surface area contributed by atoms with Crippen molar-refractivity contribution in [2.45, 2.75) is 31.1 Å². The van der Waals surface area contributed by atoms with Crippen LogP contribution in [0.4, 0.5) is 0 Å². The SMILES string of the molecule is N=C(N)[C+]1CCC(Cl)CC1. The van der Waals surface area contributed by atoms with Gasteiger partial charge in [0.1, 0.15) is 12.8 Å². The van der Waals surface area contributed by atoms with Gasteiger partial charge in [-0.05, 0) is 0 Å². The first-order valence-electron chi connectivity index (χ1n) is 3.53. The molecule has 0 aliphatic heterocycles. The highest BCUT2D eigenvalue weighted by Crippen LogP contribution is 2.28. The van der Waals surface area contributed by atoms with Crippen LogP contribution in [0.2, 0.25) is 0 Å².